The first kappa shape index (κ1) is 15.9. The van der Waals surface area contributed by atoms with E-state index in [0.717, 1.165) is 56.9 Å². The minimum Gasteiger partial charge on any atom is -0.368 e. The second kappa shape index (κ2) is 8.04. The molecule has 3 rings (SSSR count). The molecule has 2 heterocycles. The minimum absolute atomic E-state index is 0.134. The van der Waals surface area contributed by atoms with Crippen molar-refractivity contribution in [1.29, 1.82) is 0 Å². The van der Waals surface area contributed by atoms with E-state index in [1.54, 1.807) is 18.5 Å². The molecule has 1 aliphatic rings. The number of aromatic nitrogens is 1. The van der Waals surface area contributed by atoms with E-state index >= 15 is 0 Å². The molecule has 0 unspecified atom stereocenters. The Morgan fingerprint density at radius 2 is 1.87 bits per heavy atom. The number of anilines is 1. The molecule has 1 saturated heterocycles. The van der Waals surface area contributed by atoms with Crippen LogP contribution in [0, 0.1) is 5.82 Å². The third kappa shape index (κ3) is 4.50. The van der Waals surface area contributed by atoms with Crippen LogP contribution in [-0.2, 0) is 13.1 Å². The van der Waals surface area contributed by atoms with Gasteiger partial charge in [-0.1, -0.05) is 6.07 Å². The molecule has 2 aromatic rings. The van der Waals surface area contributed by atoms with Crippen LogP contribution in [0.3, 0.4) is 0 Å². The Morgan fingerprint density at radius 3 is 2.74 bits per heavy atom. The van der Waals surface area contributed by atoms with Crippen molar-refractivity contribution >= 4 is 5.69 Å². The van der Waals surface area contributed by atoms with Crippen LogP contribution in [0.1, 0.15) is 17.5 Å². The Morgan fingerprint density at radius 1 is 1.04 bits per heavy atom. The summed E-state index contributed by atoms with van der Waals surface area (Å²) in [5.41, 5.74) is 3.02. The van der Waals surface area contributed by atoms with E-state index in [-0.39, 0.29) is 5.82 Å². The summed E-state index contributed by atoms with van der Waals surface area (Å²) in [5.74, 6) is -0.134. The Labute approximate surface area is 136 Å². The smallest absolute Gasteiger partial charge is 0.146 e. The van der Waals surface area contributed by atoms with E-state index in [0.29, 0.717) is 0 Å². The highest BCUT2D eigenvalue weighted by Gasteiger charge is 2.14. The first-order chi connectivity index (χ1) is 11.3. The molecule has 0 radical (unpaired) electrons. The standard InChI is InChI=1S/C18H23FN4/c19-17-3-2-16(14-22-13-15-4-7-21-8-5-15)12-18(17)23-10-1-6-20-9-11-23/h2-5,7-8,12,20,22H,1,6,9-11,13-14H2. The van der Waals surface area contributed by atoms with Gasteiger partial charge in [-0.2, -0.15) is 0 Å². The van der Waals surface area contributed by atoms with Gasteiger partial charge in [0.1, 0.15) is 5.82 Å². The van der Waals surface area contributed by atoms with Gasteiger partial charge < -0.3 is 15.5 Å². The Kier molecular flexibility index (Phi) is 5.56. The van der Waals surface area contributed by atoms with E-state index < -0.39 is 0 Å². The molecule has 5 heteroatoms. The van der Waals surface area contributed by atoms with Crippen molar-refractivity contribution < 1.29 is 4.39 Å². The molecule has 4 nitrogen and oxygen atoms in total. The average Bonchev–Trinajstić information content (AvgIpc) is 2.87. The normalized spacial score (nSPS) is 15.4. The van der Waals surface area contributed by atoms with Crippen LogP contribution in [-0.4, -0.2) is 31.2 Å². The molecule has 23 heavy (non-hydrogen) atoms. The third-order valence-corrected chi connectivity index (χ3v) is 4.10. The van der Waals surface area contributed by atoms with Gasteiger partial charge in [0, 0.05) is 45.1 Å². The lowest BCUT2D eigenvalue weighted by Gasteiger charge is -2.23. The molecule has 0 bridgehead atoms. The maximum Gasteiger partial charge on any atom is 0.146 e. The number of rotatable bonds is 5. The monoisotopic (exact) mass is 314 g/mol. The number of benzene rings is 1. The molecular weight excluding hydrogens is 291 g/mol. The Hall–Kier alpha value is -1.98. The van der Waals surface area contributed by atoms with Gasteiger partial charge in [0.2, 0.25) is 0 Å². The molecule has 122 valence electrons. The molecule has 0 saturated carbocycles. The predicted octanol–water partition coefficient (Wildman–Crippen LogP) is 2.31. The highest BCUT2D eigenvalue weighted by atomic mass is 19.1. The average molecular weight is 314 g/mol. The largest absolute Gasteiger partial charge is 0.368 e. The molecule has 0 spiro atoms. The summed E-state index contributed by atoms with van der Waals surface area (Å²) in [5, 5.41) is 6.75. The van der Waals surface area contributed by atoms with E-state index in [9.17, 15) is 4.39 Å². The van der Waals surface area contributed by atoms with Crippen molar-refractivity contribution in [3.63, 3.8) is 0 Å². The lowest BCUT2D eigenvalue weighted by atomic mass is 10.1. The maximum absolute atomic E-state index is 14.2. The Balaban J connectivity index is 1.62. The molecule has 0 aliphatic carbocycles. The van der Waals surface area contributed by atoms with Crippen LogP contribution in [0.4, 0.5) is 10.1 Å². The van der Waals surface area contributed by atoms with E-state index in [2.05, 4.69) is 20.5 Å². The van der Waals surface area contributed by atoms with Crippen molar-refractivity contribution in [2.24, 2.45) is 0 Å². The zero-order valence-electron chi connectivity index (χ0n) is 13.3. The number of nitrogens with zero attached hydrogens (tertiary/aromatic N) is 2. The zero-order chi connectivity index (χ0) is 15.9. The third-order valence-electron chi connectivity index (χ3n) is 4.10. The quantitative estimate of drug-likeness (QED) is 0.888. The number of hydrogen-bond acceptors (Lipinski definition) is 4. The van der Waals surface area contributed by atoms with Gasteiger partial charge in [0.25, 0.3) is 0 Å². The van der Waals surface area contributed by atoms with Crippen LogP contribution < -0.4 is 15.5 Å². The van der Waals surface area contributed by atoms with Crippen LogP contribution in [0.15, 0.2) is 42.7 Å². The van der Waals surface area contributed by atoms with Gasteiger partial charge >= 0.3 is 0 Å². The zero-order valence-corrected chi connectivity index (χ0v) is 13.3. The highest BCUT2D eigenvalue weighted by Crippen LogP contribution is 2.21. The fourth-order valence-electron chi connectivity index (χ4n) is 2.85. The van der Waals surface area contributed by atoms with Gasteiger partial charge in [0.05, 0.1) is 5.69 Å². The van der Waals surface area contributed by atoms with Crippen molar-refractivity contribution in [3.8, 4) is 0 Å². The summed E-state index contributed by atoms with van der Waals surface area (Å²) in [7, 11) is 0. The first-order valence-corrected chi connectivity index (χ1v) is 8.16. The van der Waals surface area contributed by atoms with Crippen LogP contribution >= 0.6 is 0 Å². The SMILES string of the molecule is Fc1ccc(CNCc2ccncc2)cc1N1CCCNCC1. The van der Waals surface area contributed by atoms with Gasteiger partial charge in [-0.05, 0) is 48.4 Å². The first-order valence-electron chi connectivity index (χ1n) is 8.16. The number of nitrogens with one attached hydrogen (secondary N) is 2. The van der Waals surface area contributed by atoms with E-state index in [4.69, 9.17) is 0 Å². The molecule has 0 amide bonds. The molecule has 1 aromatic heterocycles. The summed E-state index contributed by atoms with van der Waals surface area (Å²) >= 11 is 0. The summed E-state index contributed by atoms with van der Waals surface area (Å²) in [6.45, 7) is 5.17. The lowest BCUT2D eigenvalue weighted by Crippen LogP contribution is -2.28. The highest BCUT2D eigenvalue weighted by molar-refractivity contribution is 5.50. The van der Waals surface area contributed by atoms with Gasteiger partial charge in [0.15, 0.2) is 0 Å². The molecule has 1 fully saturated rings. The number of pyridine rings is 1. The summed E-state index contributed by atoms with van der Waals surface area (Å²) < 4.78 is 14.2. The summed E-state index contributed by atoms with van der Waals surface area (Å²) in [4.78, 5) is 6.15. The predicted molar refractivity (Wildman–Crippen MR) is 90.9 cm³/mol. The molecule has 1 aliphatic heterocycles. The topological polar surface area (TPSA) is 40.2 Å². The number of halogens is 1. The van der Waals surface area contributed by atoms with E-state index in [1.165, 1.54) is 5.56 Å². The van der Waals surface area contributed by atoms with Crippen molar-refractivity contribution in [3.05, 3.63) is 59.7 Å². The molecule has 0 atom stereocenters. The van der Waals surface area contributed by atoms with Crippen LogP contribution in [0.2, 0.25) is 0 Å². The Bertz CT molecular complexity index is 610. The maximum atomic E-state index is 14.2. The molecule has 2 N–H and O–H groups in total. The number of hydrogen-bond donors (Lipinski definition) is 2. The van der Waals surface area contributed by atoms with Crippen molar-refractivity contribution in [1.82, 2.24) is 15.6 Å². The van der Waals surface area contributed by atoms with Crippen LogP contribution in [0.5, 0.6) is 0 Å². The summed E-state index contributed by atoms with van der Waals surface area (Å²) in [6.07, 6.45) is 4.63. The second-order valence-corrected chi connectivity index (χ2v) is 5.84. The lowest BCUT2D eigenvalue weighted by molar-refractivity contribution is 0.615. The fourth-order valence-corrected chi connectivity index (χ4v) is 2.85. The summed E-state index contributed by atoms with van der Waals surface area (Å²) in [6, 6.07) is 9.40. The van der Waals surface area contributed by atoms with Crippen molar-refractivity contribution in [2.45, 2.75) is 19.5 Å². The van der Waals surface area contributed by atoms with Gasteiger partial charge in [-0.3, -0.25) is 4.98 Å². The van der Waals surface area contributed by atoms with Gasteiger partial charge in [-0.25, -0.2) is 4.39 Å². The second-order valence-electron chi connectivity index (χ2n) is 5.84. The fraction of sp³-hybridized carbons (Fsp3) is 0.389. The minimum atomic E-state index is -0.134. The van der Waals surface area contributed by atoms with E-state index in [1.807, 2.05) is 24.3 Å². The molecular formula is C18H23FN4. The van der Waals surface area contributed by atoms with Crippen LogP contribution in [0.25, 0.3) is 0 Å². The van der Waals surface area contributed by atoms with Gasteiger partial charge in [-0.15, -0.1) is 0 Å². The van der Waals surface area contributed by atoms with Crippen molar-refractivity contribution in [2.75, 3.05) is 31.1 Å². The molecule has 1 aromatic carbocycles.